The minimum Gasteiger partial charge on any atom is -0.490 e. The van der Waals surface area contributed by atoms with Crippen molar-refractivity contribution in [1.29, 1.82) is 0 Å². The number of benzene rings is 3. The van der Waals surface area contributed by atoms with Crippen molar-refractivity contribution in [3.8, 4) is 16.2 Å². The number of ether oxygens (including phenoxy) is 3. The topological polar surface area (TPSA) is 198 Å². The summed E-state index contributed by atoms with van der Waals surface area (Å²) in [6.45, 7) is 12.7. The lowest BCUT2D eigenvalue weighted by atomic mass is 9.85. The first kappa shape index (κ1) is 50.3. The largest absolute Gasteiger partial charge is 0.490 e. The van der Waals surface area contributed by atoms with Crippen LogP contribution in [0.1, 0.15) is 96.4 Å². The van der Waals surface area contributed by atoms with Crippen LogP contribution in [0.4, 0.5) is 17.1 Å². The van der Waals surface area contributed by atoms with E-state index >= 15 is 0 Å². The van der Waals surface area contributed by atoms with E-state index in [9.17, 15) is 29.6 Å². The standard InChI is InChI=1S/C51H65N7O9S2/c1-31(33-9-11-34(12-10-33)47-32(2)52-30-68-47)53-49(61)43-24-36(59)28-57(43)50(62)48(51(3,4)5)55-46(60)29-65-22-8-6-7-19-56-20-17-37(18-21-56)66-39-25-40(26-39)67-38-14-16-42-45(27-38)69-44-23-35(58(63)64)13-15-41(44)54-42/h9-16,23,27,30-31,36-37,39-40,43,48,54,59H,6-8,17-22,24-26,28-29H2,1-5H3,(H,53,61)(H,55,60)/t31-,36+,39?,40?,43-,48?/m0/s1. The van der Waals surface area contributed by atoms with Crippen molar-refractivity contribution >= 4 is 57.9 Å². The number of piperidine rings is 1. The van der Waals surface area contributed by atoms with E-state index in [1.165, 1.54) is 22.7 Å². The maximum atomic E-state index is 14.1. The predicted octanol–water partition coefficient (Wildman–Crippen LogP) is 8.18. The monoisotopic (exact) mass is 983 g/mol. The molecule has 18 heteroatoms. The Balaban J connectivity index is 0.685. The van der Waals surface area contributed by atoms with Crippen LogP contribution in [0.5, 0.6) is 5.75 Å². The first-order valence-electron chi connectivity index (χ1n) is 24.2. The summed E-state index contributed by atoms with van der Waals surface area (Å²) in [6, 6.07) is 16.6. The van der Waals surface area contributed by atoms with E-state index in [2.05, 4.69) is 25.8 Å². The van der Waals surface area contributed by atoms with E-state index in [0.717, 1.165) is 113 Å². The number of aliphatic hydroxyl groups excluding tert-OH is 1. The molecular weight excluding hydrogens is 919 g/mol. The highest BCUT2D eigenvalue weighted by Crippen LogP contribution is 2.47. The summed E-state index contributed by atoms with van der Waals surface area (Å²) < 4.78 is 18.5. The molecule has 4 N–H and O–H groups in total. The number of thiazole rings is 1. The number of nitro groups is 1. The number of anilines is 2. The maximum absolute atomic E-state index is 14.1. The summed E-state index contributed by atoms with van der Waals surface area (Å²) in [4.78, 5) is 62.9. The second-order valence-electron chi connectivity index (χ2n) is 19.8. The van der Waals surface area contributed by atoms with Gasteiger partial charge in [-0.25, -0.2) is 4.98 Å². The van der Waals surface area contributed by atoms with Crippen molar-refractivity contribution in [2.75, 3.05) is 44.7 Å². The van der Waals surface area contributed by atoms with E-state index in [0.29, 0.717) is 6.61 Å². The van der Waals surface area contributed by atoms with Gasteiger partial charge in [-0.1, -0.05) is 56.8 Å². The minimum absolute atomic E-state index is 0.00377. The lowest BCUT2D eigenvalue weighted by Gasteiger charge is -2.40. The predicted molar refractivity (Wildman–Crippen MR) is 266 cm³/mol. The molecule has 2 saturated heterocycles. The molecule has 0 spiro atoms. The van der Waals surface area contributed by atoms with Crippen LogP contribution < -0.4 is 20.7 Å². The molecule has 4 heterocycles. The second-order valence-corrected chi connectivity index (χ2v) is 21.8. The molecule has 16 nitrogen and oxygen atoms in total. The van der Waals surface area contributed by atoms with Crippen molar-refractivity contribution in [2.24, 2.45) is 5.41 Å². The third-order valence-corrected chi connectivity index (χ3v) is 15.5. The van der Waals surface area contributed by atoms with E-state index in [1.807, 2.05) is 82.6 Å². The van der Waals surface area contributed by atoms with Crippen LogP contribution in [-0.2, 0) is 23.9 Å². The summed E-state index contributed by atoms with van der Waals surface area (Å²) in [5, 5.41) is 31.2. The van der Waals surface area contributed by atoms with Gasteiger partial charge in [-0.2, -0.15) is 0 Å². The van der Waals surface area contributed by atoms with E-state index < -0.39 is 35.4 Å². The molecule has 1 saturated carbocycles. The van der Waals surface area contributed by atoms with Crippen molar-refractivity contribution in [3.63, 3.8) is 0 Å². The van der Waals surface area contributed by atoms with Crippen molar-refractivity contribution < 1.29 is 38.6 Å². The third-order valence-electron chi connectivity index (χ3n) is 13.4. The molecule has 1 aliphatic carbocycles. The molecule has 0 radical (unpaired) electrons. The zero-order valence-corrected chi connectivity index (χ0v) is 41.7. The molecule has 3 aliphatic heterocycles. The fourth-order valence-corrected chi connectivity index (χ4v) is 11.3. The van der Waals surface area contributed by atoms with Crippen molar-refractivity contribution in [2.45, 2.75) is 138 Å². The summed E-state index contributed by atoms with van der Waals surface area (Å²) in [7, 11) is 0. The number of β-amino-alcohol motifs (C(OH)–C–C–N with tert-alkyl or cyclic N) is 1. The molecule has 3 aromatic carbocycles. The van der Waals surface area contributed by atoms with Gasteiger partial charge >= 0.3 is 0 Å². The number of nitrogens with zero attached hydrogens (tertiary/aromatic N) is 4. The molecule has 69 heavy (non-hydrogen) atoms. The molecule has 0 bridgehead atoms. The molecule has 370 valence electrons. The Morgan fingerprint density at radius 3 is 2.36 bits per heavy atom. The molecule has 1 unspecified atom stereocenters. The first-order chi connectivity index (χ1) is 33.1. The number of carbonyl (C=O) groups is 3. The zero-order chi connectivity index (χ0) is 48.8. The Hall–Kier alpha value is -5.11. The lowest BCUT2D eigenvalue weighted by molar-refractivity contribution is -0.385. The summed E-state index contributed by atoms with van der Waals surface area (Å²) in [5.74, 6) is -0.375. The van der Waals surface area contributed by atoms with Crippen LogP contribution >= 0.6 is 23.1 Å². The van der Waals surface area contributed by atoms with Crippen molar-refractivity contribution in [1.82, 2.24) is 25.4 Å². The molecule has 8 rings (SSSR count). The Labute approximate surface area is 412 Å². The molecule has 4 aliphatic rings. The molecule has 4 atom stereocenters. The van der Waals surface area contributed by atoms with Crippen molar-refractivity contribution in [3.05, 3.63) is 87.5 Å². The number of hydrogen-bond donors (Lipinski definition) is 4. The maximum Gasteiger partial charge on any atom is 0.270 e. The average molecular weight is 984 g/mol. The normalized spacial score (nSPS) is 21.3. The van der Waals surface area contributed by atoms with Crippen LogP contribution in [-0.4, -0.2) is 118 Å². The highest BCUT2D eigenvalue weighted by atomic mass is 32.2. The second kappa shape index (κ2) is 22.3. The fourth-order valence-electron chi connectivity index (χ4n) is 9.40. The number of likely N-dealkylation sites (tertiary alicyclic amines) is 2. The number of aromatic nitrogens is 1. The van der Waals surface area contributed by atoms with E-state index in [4.69, 9.17) is 14.2 Å². The third kappa shape index (κ3) is 12.8. The van der Waals surface area contributed by atoms with Gasteiger partial charge in [0.25, 0.3) is 5.69 Å². The number of fused-ring (bicyclic) bond motifs is 2. The lowest BCUT2D eigenvalue weighted by Crippen LogP contribution is -2.58. The number of carbonyl (C=O) groups excluding carboxylic acids is 3. The number of nitrogens with one attached hydrogen (secondary N) is 3. The van der Waals surface area contributed by atoms with Crippen LogP contribution in [0, 0.1) is 22.5 Å². The number of aliphatic hydroxyl groups is 1. The summed E-state index contributed by atoms with van der Waals surface area (Å²) in [6.07, 6.45) is 6.33. The summed E-state index contributed by atoms with van der Waals surface area (Å²) >= 11 is 3.08. The minimum atomic E-state index is -0.926. The Morgan fingerprint density at radius 1 is 0.942 bits per heavy atom. The molecule has 3 amide bonds. The van der Waals surface area contributed by atoms with E-state index in [1.54, 1.807) is 23.5 Å². The molecule has 4 aromatic rings. The van der Waals surface area contributed by atoms with Gasteiger partial charge in [0.2, 0.25) is 17.7 Å². The SMILES string of the molecule is Cc1ncsc1-c1ccc([C@H](C)NC(=O)[C@@H]2C[C@@H](O)CN2C(=O)C(NC(=O)COCCCCCN2CCC(OC3CC(Oc4ccc5c(c4)Sc4cc([N+](=O)[O-])ccc4N5)C3)CC2)C(C)(C)C)cc1. The highest BCUT2D eigenvalue weighted by molar-refractivity contribution is 7.99. The van der Waals surface area contributed by atoms with Gasteiger partial charge in [0.05, 0.1) is 56.7 Å². The fraction of sp³-hybridized carbons (Fsp3) is 0.529. The highest BCUT2D eigenvalue weighted by Gasteiger charge is 2.45. The Morgan fingerprint density at radius 2 is 1.67 bits per heavy atom. The van der Waals surface area contributed by atoms with Gasteiger partial charge in [-0.05, 0) is 93.3 Å². The number of amides is 3. The molecular formula is C51H65N7O9S2. The average Bonchev–Trinajstić information content (AvgIpc) is 3.93. The first-order valence-corrected chi connectivity index (χ1v) is 25.9. The number of rotatable bonds is 19. The number of nitro benzene ring substituents is 1. The van der Waals surface area contributed by atoms with Crippen LogP contribution in [0.15, 0.2) is 76.0 Å². The van der Waals surface area contributed by atoms with Gasteiger partial charge in [-0.15, -0.1) is 11.3 Å². The number of hydrogen-bond acceptors (Lipinski definition) is 14. The quantitative estimate of drug-likeness (QED) is 0.0352. The molecule has 3 fully saturated rings. The van der Waals surface area contributed by atoms with Gasteiger partial charge in [0, 0.05) is 67.4 Å². The summed E-state index contributed by atoms with van der Waals surface area (Å²) in [5.41, 5.74) is 5.97. The number of aryl methyl sites for hydroxylation is 1. The van der Waals surface area contributed by atoms with Gasteiger partial charge in [-0.3, -0.25) is 24.5 Å². The number of unbranched alkanes of at least 4 members (excludes halogenated alkanes) is 2. The Bertz CT molecular complexity index is 2450. The van der Waals surface area contributed by atoms with Gasteiger partial charge < -0.3 is 45.1 Å². The van der Waals surface area contributed by atoms with Gasteiger partial charge in [0.15, 0.2) is 0 Å². The van der Waals surface area contributed by atoms with Crippen LogP contribution in [0.3, 0.4) is 0 Å². The Kier molecular flexibility index (Phi) is 16.3. The zero-order valence-electron chi connectivity index (χ0n) is 40.1. The molecule has 1 aromatic heterocycles. The van der Waals surface area contributed by atoms with Gasteiger partial charge in [0.1, 0.15) is 30.5 Å². The number of non-ortho nitro benzene ring substituents is 1. The van der Waals surface area contributed by atoms with E-state index in [-0.39, 0.29) is 60.4 Å². The smallest absolute Gasteiger partial charge is 0.270 e. The van der Waals surface area contributed by atoms with Crippen LogP contribution in [0.2, 0.25) is 0 Å². The van der Waals surface area contributed by atoms with Crippen LogP contribution in [0.25, 0.3) is 10.4 Å².